The molecule has 0 fully saturated rings. The molecule has 0 atom stereocenters. The van der Waals surface area contributed by atoms with Crippen LogP contribution in [0, 0.1) is 11.2 Å². The summed E-state index contributed by atoms with van der Waals surface area (Å²) in [6.07, 6.45) is 0. The number of halogens is 1. The molecule has 84 valence electrons. The van der Waals surface area contributed by atoms with E-state index < -0.39 is 0 Å². The first kappa shape index (κ1) is 12.1. The molecular formula is C12H17FO2. The number of aliphatic hydroxyl groups excluding tert-OH is 1. The molecule has 3 heteroatoms. The van der Waals surface area contributed by atoms with Gasteiger partial charge in [-0.25, -0.2) is 4.39 Å². The first-order valence-electron chi connectivity index (χ1n) is 4.97. The van der Waals surface area contributed by atoms with Crippen molar-refractivity contribution in [2.75, 3.05) is 13.2 Å². The van der Waals surface area contributed by atoms with Crippen LogP contribution in [0.3, 0.4) is 0 Å². The Hall–Kier alpha value is -0.930. The molecule has 0 unspecified atom stereocenters. The Balaban J connectivity index is 2.42. The lowest BCUT2D eigenvalue weighted by Crippen LogP contribution is -2.23. The highest BCUT2D eigenvalue weighted by Crippen LogP contribution is 2.15. The van der Waals surface area contributed by atoms with Crippen LogP contribution in [-0.4, -0.2) is 18.3 Å². The molecule has 1 N–H and O–H groups in total. The van der Waals surface area contributed by atoms with Crippen molar-refractivity contribution in [2.45, 2.75) is 20.5 Å². The van der Waals surface area contributed by atoms with E-state index in [0.29, 0.717) is 12.2 Å². The van der Waals surface area contributed by atoms with Crippen LogP contribution in [0.1, 0.15) is 19.4 Å². The lowest BCUT2D eigenvalue weighted by Gasteiger charge is -2.21. The fourth-order valence-electron chi connectivity index (χ4n) is 1.10. The SMILES string of the molecule is CC(C)(CO)COCc1ccccc1F. The maximum absolute atomic E-state index is 13.2. The molecule has 0 aliphatic carbocycles. The van der Waals surface area contributed by atoms with E-state index >= 15 is 0 Å². The standard InChI is InChI=1S/C12H17FO2/c1-12(2,8-14)9-15-7-10-5-3-4-6-11(10)13/h3-6,14H,7-9H2,1-2H3. The largest absolute Gasteiger partial charge is 0.396 e. The predicted octanol–water partition coefficient (Wildman–Crippen LogP) is 2.36. The van der Waals surface area contributed by atoms with Crippen molar-refractivity contribution < 1.29 is 14.2 Å². The number of hydrogen-bond acceptors (Lipinski definition) is 2. The van der Waals surface area contributed by atoms with Gasteiger partial charge in [0, 0.05) is 11.0 Å². The first-order valence-corrected chi connectivity index (χ1v) is 4.97. The van der Waals surface area contributed by atoms with E-state index in [9.17, 15) is 4.39 Å². The van der Waals surface area contributed by atoms with Gasteiger partial charge >= 0.3 is 0 Å². The summed E-state index contributed by atoms with van der Waals surface area (Å²) in [7, 11) is 0. The molecule has 0 aromatic heterocycles. The number of benzene rings is 1. The van der Waals surface area contributed by atoms with Crippen LogP contribution in [0.4, 0.5) is 4.39 Å². The Bertz CT molecular complexity index is 310. The minimum absolute atomic E-state index is 0.0598. The molecule has 0 saturated heterocycles. The van der Waals surface area contributed by atoms with Gasteiger partial charge in [-0.2, -0.15) is 0 Å². The van der Waals surface area contributed by atoms with E-state index in [1.807, 2.05) is 13.8 Å². The lowest BCUT2D eigenvalue weighted by molar-refractivity contribution is 0.0188. The second-order valence-electron chi connectivity index (χ2n) is 4.41. The highest BCUT2D eigenvalue weighted by atomic mass is 19.1. The predicted molar refractivity (Wildman–Crippen MR) is 56.9 cm³/mol. The number of rotatable bonds is 5. The van der Waals surface area contributed by atoms with Crippen LogP contribution < -0.4 is 0 Å². The minimum atomic E-state index is -0.273. The summed E-state index contributed by atoms with van der Waals surface area (Å²) in [5, 5.41) is 8.99. The zero-order chi connectivity index (χ0) is 11.3. The quantitative estimate of drug-likeness (QED) is 0.812. The fourth-order valence-corrected chi connectivity index (χ4v) is 1.10. The van der Waals surface area contributed by atoms with Crippen LogP contribution >= 0.6 is 0 Å². The molecule has 1 aromatic carbocycles. The van der Waals surface area contributed by atoms with E-state index in [1.54, 1.807) is 18.2 Å². The summed E-state index contributed by atoms with van der Waals surface area (Å²) in [6, 6.07) is 6.53. The molecule has 0 radical (unpaired) electrons. The molecule has 1 aromatic rings. The van der Waals surface area contributed by atoms with Crippen LogP contribution in [0.2, 0.25) is 0 Å². The van der Waals surface area contributed by atoms with E-state index in [2.05, 4.69) is 0 Å². The van der Waals surface area contributed by atoms with Crippen LogP contribution in [0.25, 0.3) is 0 Å². The minimum Gasteiger partial charge on any atom is -0.396 e. The molecule has 0 aliphatic heterocycles. The molecular weight excluding hydrogens is 195 g/mol. The lowest BCUT2D eigenvalue weighted by atomic mass is 9.97. The zero-order valence-electron chi connectivity index (χ0n) is 9.16. The third-order valence-corrected chi connectivity index (χ3v) is 2.14. The van der Waals surface area contributed by atoms with E-state index in [1.165, 1.54) is 6.07 Å². The van der Waals surface area contributed by atoms with Crippen LogP contribution in [0.5, 0.6) is 0 Å². The summed E-state index contributed by atoms with van der Waals surface area (Å²) in [6.45, 7) is 4.51. The molecule has 0 saturated carbocycles. The Morgan fingerprint density at radius 3 is 2.60 bits per heavy atom. The number of hydrogen-bond donors (Lipinski definition) is 1. The molecule has 2 nitrogen and oxygen atoms in total. The summed E-state index contributed by atoms with van der Waals surface area (Å²) >= 11 is 0. The Morgan fingerprint density at radius 2 is 2.00 bits per heavy atom. The summed E-state index contributed by atoms with van der Waals surface area (Å²) < 4.78 is 18.5. The van der Waals surface area contributed by atoms with Crippen molar-refractivity contribution in [3.05, 3.63) is 35.6 Å². The maximum Gasteiger partial charge on any atom is 0.128 e. The van der Waals surface area contributed by atoms with Gasteiger partial charge in [-0.3, -0.25) is 0 Å². The van der Waals surface area contributed by atoms with Gasteiger partial charge < -0.3 is 9.84 Å². The van der Waals surface area contributed by atoms with Crippen molar-refractivity contribution in [2.24, 2.45) is 5.41 Å². The second-order valence-corrected chi connectivity index (χ2v) is 4.41. The van der Waals surface area contributed by atoms with Crippen molar-refractivity contribution in [3.63, 3.8) is 0 Å². The number of aliphatic hydroxyl groups is 1. The monoisotopic (exact) mass is 212 g/mol. The first-order chi connectivity index (χ1) is 7.05. The van der Waals surface area contributed by atoms with E-state index in [0.717, 1.165) is 0 Å². The average molecular weight is 212 g/mol. The Morgan fingerprint density at radius 1 is 1.33 bits per heavy atom. The van der Waals surface area contributed by atoms with Crippen LogP contribution in [0.15, 0.2) is 24.3 Å². The van der Waals surface area contributed by atoms with Crippen molar-refractivity contribution in [3.8, 4) is 0 Å². The zero-order valence-corrected chi connectivity index (χ0v) is 9.16. The van der Waals surface area contributed by atoms with E-state index in [4.69, 9.17) is 9.84 Å². The normalized spacial score (nSPS) is 11.7. The second kappa shape index (κ2) is 5.24. The summed E-state index contributed by atoms with van der Waals surface area (Å²) in [5.41, 5.74) is 0.275. The molecule has 0 heterocycles. The topological polar surface area (TPSA) is 29.5 Å². The van der Waals surface area contributed by atoms with Gasteiger partial charge in [0.1, 0.15) is 5.82 Å². The molecule has 15 heavy (non-hydrogen) atoms. The molecule has 0 amide bonds. The van der Waals surface area contributed by atoms with Crippen molar-refractivity contribution >= 4 is 0 Å². The van der Waals surface area contributed by atoms with Gasteiger partial charge in [0.05, 0.1) is 19.8 Å². The van der Waals surface area contributed by atoms with Gasteiger partial charge in [-0.05, 0) is 6.07 Å². The fraction of sp³-hybridized carbons (Fsp3) is 0.500. The van der Waals surface area contributed by atoms with E-state index in [-0.39, 0.29) is 24.4 Å². The summed E-state index contributed by atoms with van der Waals surface area (Å²) in [5.74, 6) is -0.251. The molecule has 1 rings (SSSR count). The van der Waals surface area contributed by atoms with Gasteiger partial charge in [0.2, 0.25) is 0 Å². The highest BCUT2D eigenvalue weighted by molar-refractivity contribution is 5.16. The number of ether oxygens (including phenoxy) is 1. The Labute approximate surface area is 89.7 Å². The molecule has 0 bridgehead atoms. The van der Waals surface area contributed by atoms with Crippen LogP contribution in [-0.2, 0) is 11.3 Å². The van der Waals surface area contributed by atoms with Gasteiger partial charge in [-0.1, -0.05) is 32.0 Å². The third-order valence-electron chi connectivity index (χ3n) is 2.14. The smallest absolute Gasteiger partial charge is 0.128 e. The van der Waals surface area contributed by atoms with Gasteiger partial charge in [0.15, 0.2) is 0 Å². The molecule has 0 spiro atoms. The summed E-state index contributed by atoms with van der Waals surface area (Å²) in [4.78, 5) is 0. The molecule has 0 aliphatic rings. The average Bonchev–Trinajstić information content (AvgIpc) is 2.21. The highest BCUT2D eigenvalue weighted by Gasteiger charge is 2.16. The van der Waals surface area contributed by atoms with Crippen molar-refractivity contribution in [1.82, 2.24) is 0 Å². The van der Waals surface area contributed by atoms with Gasteiger partial charge in [0.25, 0.3) is 0 Å². The maximum atomic E-state index is 13.2. The Kier molecular flexibility index (Phi) is 4.24. The van der Waals surface area contributed by atoms with Gasteiger partial charge in [-0.15, -0.1) is 0 Å². The van der Waals surface area contributed by atoms with Crippen molar-refractivity contribution in [1.29, 1.82) is 0 Å². The third kappa shape index (κ3) is 3.98.